The number of likely N-dealkylation sites (tertiary alicyclic amines) is 1. The number of hydrogen-bond donors (Lipinski definition) is 1. The van der Waals surface area contributed by atoms with Crippen molar-refractivity contribution in [1.82, 2.24) is 4.90 Å². The Kier molecular flexibility index (Phi) is 4.47. The average Bonchev–Trinajstić information content (AvgIpc) is 2.43. The molecule has 1 fully saturated rings. The first-order valence-electron chi connectivity index (χ1n) is 6.58. The maximum absolute atomic E-state index is 13.4. The van der Waals surface area contributed by atoms with Crippen molar-refractivity contribution in [2.45, 2.75) is 32.2 Å². The second-order valence-corrected chi connectivity index (χ2v) is 4.86. The Morgan fingerprint density at radius 3 is 2.37 bits per heavy atom. The van der Waals surface area contributed by atoms with Crippen LogP contribution in [-0.2, 0) is 4.79 Å². The van der Waals surface area contributed by atoms with E-state index in [0.717, 1.165) is 38.1 Å². The lowest BCUT2D eigenvalue weighted by Crippen LogP contribution is -2.44. The van der Waals surface area contributed by atoms with Gasteiger partial charge in [0.25, 0.3) is 0 Å². The molecule has 0 spiro atoms. The first kappa shape index (κ1) is 13.9. The van der Waals surface area contributed by atoms with Crippen LogP contribution in [0.1, 0.15) is 26.2 Å². The molecule has 1 aliphatic rings. The summed E-state index contributed by atoms with van der Waals surface area (Å²) in [7, 11) is 0. The van der Waals surface area contributed by atoms with Gasteiger partial charge in [0, 0.05) is 0 Å². The standard InChI is InChI=1S/C14H18F2N2O/c1-10(18-8-3-2-4-9-18)14(19)17-13-11(15)6-5-7-12(13)16/h5-7,10H,2-4,8-9H2,1H3,(H,17,19)/t10-/m0/s1. The molecule has 1 amide bonds. The summed E-state index contributed by atoms with van der Waals surface area (Å²) < 4.78 is 26.9. The lowest BCUT2D eigenvalue weighted by atomic mass is 10.1. The molecule has 19 heavy (non-hydrogen) atoms. The predicted molar refractivity (Wildman–Crippen MR) is 69.9 cm³/mol. The number of rotatable bonds is 3. The minimum atomic E-state index is -0.751. The third-order valence-electron chi connectivity index (χ3n) is 3.53. The van der Waals surface area contributed by atoms with E-state index in [1.54, 1.807) is 6.92 Å². The molecule has 0 bridgehead atoms. The average molecular weight is 268 g/mol. The van der Waals surface area contributed by atoms with Gasteiger partial charge >= 0.3 is 0 Å². The molecule has 1 atom stereocenters. The number of benzene rings is 1. The fourth-order valence-electron chi connectivity index (χ4n) is 2.32. The molecular formula is C14H18F2N2O. The highest BCUT2D eigenvalue weighted by atomic mass is 19.1. The Bertz CT molecular complexity index is 439. The monoisotopic (exact) mass is 268 g/mol. The van der Waals surface area contributed by atoms with Crippen molar-refractivity contribution in [3.63, 3.8) is 0 Å². The Balaban J connectivity index is 2.04. The Morgan fingerprint density at radius 1 is 1.21 bits per heavy atom. The molecule has 2 rings (SSSR count). The number of para-hydroxylation sites is 1. The molecule has 1 heterocycles. The van der Waals surface area contributed by atoms with Crippen LogP contribution < -0.4 is 5.32 Å². The van der Waals surface area contributed by atoms with Gasteiger partial charge in [-0.3, -0.25) is 9.69 Å². The summed E-state index contributed by atoms with van der Waals surface area (Å²) in [5, 5.41) is 2.34. The highest BCUT2D eigenvalue weighted by Gasteiger charge is 2.24. The van der Waals surface area contributed by atoms with E-state index < -0.39 is 11.6 Å². The first-order chi connectivity index (χ1) is 9.09. The summed E-state index contributed by atoms with van der Waals surface area (Å²) in [6.07, 6.45) is 3.30. The fraction of sp³-hybridized carbons (Fsp3) is 0.500. The van der Waals surface area contributed by atoms with Crippen molar-refractivity contribution >= 4 is 11.6 Å². The molecule has 0 aromatic heterocycles. The lowest BCUT2D eigenvalue weighted by molar-refractivity contribution is -0.121. The molecule has 1 saturated heterocycles. The minimum Gasteiger partial charge on any atom is -0.320 e. The van der Waals surface area contributed by atoms with Gasteiger partial charge in [0.2, 0.25) is 5.91 Å². The number of anilines is 1. The van der Waals surface area contributed by atoms with Crippen LogP contribution in [0.3, 0.4) is 0 Å². The van der Waals surface area contributed by atoms with E-state index in [2.05, 4.69) is 5.32 Å². The van der Waals surface area contributed by atoms with Crippen molar-refractivity contribution in [2.24, 2.45) is 0 Å². The maximum atomic E-state index is 13.4. The molecule has 0 unspecified atom stereocenters. The van der Waals surface area contributed by atoms with E-state index in [1.807, 2.05) is 4.90 Å². The van der Waals surface area contributed by atoms with Crippen LogP contribution in [0.25, 0.3) is 0 Å². The molecule has 5 heteroatoms. The molecule has 104 valence electrons. The molecule has 0 saturated carbocycles. The summed E-state index contributed by atoms with van der Waals surface area (Å²) in [5.74, 6) is -1.87. The SMILES string of the molecule is C[C@@H](C(=O)Nc1c(F)cccc1F)N1CCCCC1. The van der Waals surface area contributed by atoms with Crippen LogP contribution >= 0.6 is 0 Å². The summed E-state index contributed by atoms with van der Waals surface area (Å²) >= 11 is 0. The number of piperidine rings is 1. The highest BCUT2D eigenvalue weighted by molar-refractivity contribution is 5.94. The predicted octanol–water partition coefficient (Wildman–Crippen LogP) is 2.78. The number of nitrogens with one attached hydrogen (secondary N) is 1. The highest BCUT2D eigenvalue weighted by Crippen LogP contribution is 2.19. The van der Waals surface area contributed by atoms with Gasteiger partial charge in [-0.1, -0.05) is 12.5 Å². The summed E-state index contributed by atoms with van der Waals surface area (Å²) in [5.41, 5.74) is -0.364. The quantitative estimate of drug-likeness (QED) is 0.914. The van der Waals surface area contributed by atoms with Gasteiger partial charge < -0.3 is 5.32 Å². The topological polar surface area (TPSA) is 32.3 Å². The Hall–Kier alpha value is -1.49. The van der Waals surface area contributed by atoms with Crippen LogP contribution in [0.15, 0.2) is 18.2 Å². The van der Waals surface area contributed by atoms with Crippen molar-refractivity contribution in [2.75, 3.05) is 18.4 Å². The molecule has 1 aromatic rings. The second kappa shape index (κ2) is 6.10. The molecule has 1 aliphatic heterocycles. The van der Waals surface area contributed by atoms with E-state index in [0.29, 0.717) is 0 Å². The van der Waals surface area contributed by atoms with Gasteiger partial charge in [0.15, 0.2) is 0 Å². The number of hydrogen-bond acceptors (Lipinski definition) is 2. The lowest BCUT2D eigenvalue weighted by Gasteiger charge is -2.31. The normalized spacial score (nSPS) is 18.1. The minimum absolute atomic E-state index is 0.364. The van der Waals surface area contributed by atoms with Crippen LogP contribution in [-0.4, -0.2) is 29.9 Å². The maximum Gasteiger partial charge on any atom is 0.241 e. The summed E-state index contributed by atoms with van der Waals surface area (Å²) in [6.45, 7) is 3.47. The molecule has 0 radical (unpaired) electrons. The third kappa shape index (κ3) is 3.29. The van der Waals surface area contributed by atoms with Gasteiger partial charge in [-0.05, 0) is 45.0 Å². The number of nitrogens with zero attached hydrogens (tertiary/aromatic N) is 1. The summed E-state index contributed by atoms with van der Waals surface area (Å²) in [6, 6.07) is 3.16. The second-order valence-electron chi connectivity index (χ2n) is 4.86. The van der Waals surface area contributed by atoms with Crippen molar-refractivity contribution in [3.05, 3.63) is 29.8 Å². The molecule has 3 nitrogen and oxygen atoms in total. The van der Waals surface area contributed by atoms with Crippen LogP contribution in [0, 0.1) is 11.6 Å². The van der Waals surface area contributed by atoms with Gasteiger partial charge in [0.05, 0.1) is 6.04 Å². The number of carbonyl (C=O) groups excluding carboxylic acids is 1. The first-order valence-corrected chi connectivity index (χ1v) is 6.58. The molecule has 1 N–H and O–H groups in total. The molecular weight excluding hydrogens is 250 g/mol. The molecule has 1 aromatic carbocycles. The smallest absolute Gasteiger partial charge is 0.241 e. The van der Waals surface area contributed by atoms with Gasteiger partial charge in [-0.15, -0.1) is 0 Å². The fourth-order valence-corrected chi connectivity index (χ4v) is 2.32. The zero-order chi connectivity index (χ0) is 13.8. The van der Waals surface area contributed by atoms with E-state index in [9.17, 15) is 13.6 Å². The number of carbonyl (C=O) groups is 1. The van der Waals surface area contributed by atoms with Crippen molar-refractivity contribution in [3.8, 4) is 0 Å². The van der Waals surface area contributed by atoms with Crippen LogP contribution in [0.4, 0.5) is 14.5 Å². The molecule has 0 aliphatic carbocycles. The number of amides is 1. The third-order valence-corrected chi connectivity index (χ3v) is 3.53. The van der Waals surface area contributed by atoms with Gasteiger partial charge in [-0.25, -0.2) is 8.78 Å². The Morgan fingerprint density at radius 2 is 1.79 bits per heavy atom. The number of halogens is 2. The van der Waals surface area contributed by atoms with E-state index in [-0.39, 0.29) is 17.6 Å². The Labute approximate surface area is 111 Å². The van der Waals surface area contributed by atoms with Crippen molar-refractivity contribution < 1.29 is 13.6 Å². The zero-order valence-electron chi connectivity index (χ0n) is 11.0. The van der Waals surface area contributed by atoms with Gasteiger partial charge in [-0.2, -0.15) is 0 Å². The van der Waals surface area contributed by atoms with E-state index >= 15 is 0 Å². The summed E-state index contributed by atoms with van der Waals surface area (Å²) in [4.78, 5) is 14.1. The van der Waals surface area contributed by atoms with Crippen LogP contribution in [0.5, 0.6) is 0 Å². The largest absolute Gasteiger partial charge is 0.320 e. The van der Waals surface area contributed by atoms with E-state index in [4.69, 9.17) is 0 Å². The van der Waals surface area contributed by atoms with Crippen LogP contribution in [0.2, 0.25) is 0 Å². The van der Waals surface area contributed by atoms with Gasteiger partial charge in [0.1, 0.15) is 17.3 Å². The zero-order valence-corrected chi connectivity index (χ0v) is 11.0. The van der Waals surface area contributed by atoms with E-state index in [1.165, 1.54) is 12.5 Å². The van der Waals surface area contributed by atoms with Crippen molar-refractivity contribution in [1.29, 1.82) is 0 Å².